The van der Waals surface area contributed by atoms with Gasteiger partial charge in [0.15, 0.2) is 0 Å². The molecule has 6 heavy (non-hydrogen) atoms. The molecule has 0 amide bonds. The largest absolute Gasteiger partial charge is 0.0776 e. The van der Waals surface area contributed by atoms with E-state index in [0.29, 0.717) is 0 Å². The van der Waals surface area contributed by atoms with Gasteiger partial charge in [-0.25, -0.2) is 0 Å². The van der Waals surface area contributed by atoms with Crippen molar-refractivity contribution < 1.29 is 0 Å². The Morgan fingerprint density at radius 3 is 0.833 bits per heavy atom. The van der Waals surface area contributed by atoms with Crippen LogP contribution in [0.1, 0.15) is 7.43 Å². The van der Waals surface area contributed by atoms with Crippen LogP contribution in [0.4, 0.5) is 0 Å². The number of hydrogen-bond donors (Lipinski definition) is 0. The Morgan fingerprint density at radius 1 is 0.833 bits per heavy atom. The standard InChI is InChI=1S/C4H12P.CH4/c1-5(2,3)4;/h1-4H3;1H4/q+1;. The van der Waals surface area contributed by atoms with Crippen LogP contribution in [0.5, 0.6) is 0 Å². The maximum absolute atomic E-state index is 2.30. The molecule has 0 aliphatic carbocycles. The van der Waals surface area contributed by atoms with Crippen LogP contribution < -0.4 is 0 Å². The van der Waals surface area contributed by atoms with E-state index < -0.39 is 0 Å². The maximum atomic E-state index is 2.30. The summed E-state index contributed by atoms with van der Waals surface area (Å²) >= 11 is 0. The molecule has 0 bridgehead atoms. The van der Waals surface area contributed by atoms with Gasteiger partial charge in [-0.2, -0.15) is 0 Å². The summed E-state index contributed by atoms with van der Waals surface area (Å²) in [6.45, 7) is 9.19. The van der Waals surface area contributed by atoms with E-state index in [1.807, 2.05) is 0 Å². The van der Waals surface area contributed by atoms with Gasteiger partial charge in [-0.05, 0) is 0 Å². The van der Waals surface area contributed by atoms with Gasteiger partial charge in [0.25, 0.3) is 0 Å². The van der Waals surface area contributed by atoms with Crippen molar-refractivity contribution in [1.29, 1.82) is 0 Å². The smallest absolute Gasteiger partial charge is 0.0481 e. The minimum atomic E-state index is -0.389. The third kappa shape index (κ3) is 282. The third-order valence-corrected chi connectivity index (χ3v) is 0. The zero-order chi connectivity index (χ0) is 4.50. The van der Waals surface area contributed by atoms with Crippen molar-refractivity contribution >= 4 is 7.26 Å². The van der Waals surface area contributed by atoms with Gasteiger partial charge in [0.05, 0.1) is 0 Å². The molecule has 1 heteroatoms. The van der Waals surface area contributed by atoms with Gasteiger partial charge < -0.3 is 0 Å². The van der Waals surface area contributed by atoms with Crippen LogP contribution in [0.3, 0.4) is 0 Å². The van der Waals surface area contributed by atoms with Gasteiger partial charge in [0, 0.05) is 33.9 Å². The predicted molar refractivity (Wildman–Crippen MR) is 37.3 cm³/mol. The van der Waals surface area contributed by atoms with Crippen molar-refractivity contribution in [2.75, 3.05) is 26.7 Å². The topological polar surface area (TPSA) is 0 Å². The van der Waals surface area contributed by atoms with Gasteiger partial charge in [-0.15, -0.1) is 0 Å². The first-order valence-corrected chi connectivity index (χ1v) is 5.37. The van der Waals surface area contributed by atoms with E-state index in [1.54, 1.807) is 0 Å². The molecular formula is C5H16P+. The molecule has 0 nitrogen and oxygen atoms in total. The van der Waals surface area contributed by atoms with Crippen LogP contribution in [0, 0.1) is 0 Å². The van der Waals surface area contributed by atoms with Crippen LogP contribution in [-0.4, -0.2) is 26.7 Å². The lowest BCUT2D eigenvalue weighted by Gasteiger charge is -1.97. The summed E-state index contributed by atoms with van der Waals surface area (Å²) in [5, 5.41) is 0. The monoisotopic (exact) mass is 107 g/mol. The number of rotatable bonds is 0. The van der Waals surface area contributed by atoms with E-state index in [4.69, 9.17) is 0 Å². The van der Waals surface area contributed by atoms with E-state index in [-0.39, 0.29) is 14.7 Å². The Bertz CT molecular complexity index is 19.4. The van der Waals surface area contributed by atoms with E-state index in [2.05, 4.69) is 26.7 Å². The molecule has 0 aliphatic heterocycles. The average Bonchev–Trinajstić information content (AvgIpc) is 0.722. The van der Waals surface area contributed by atoms with Crippen molar-refractivity contribution in [1.82, 2.24) is 0 Å². The van der Waals surface area contributed by atoms with Crippen molar-refractivity contribution in [2.45, 2.75) is 7.43 Å². The Hall–Kier alpha value is 0.430. The summed E-state index contributed by atoms with van der Waals surface area (Å²) in [7, 11) is -0.389. The van der Waals surface area contributed by atoms with Crippen molar-refractivity contribution in [3.63, 3.8) is 0 Å². The second kappa shape index (κ2) is 2.58. The summed E-state index contributed by atoms with van der Waals surface area (Å²) in [6, 6.07) is 0. The molecule has 40 valence electrons. The molecule has 0 aromatic rings. The fourth-order valence-electron chi connectivity index (χ4n) is 0. The first-order chi connectivity index (χ1) is 2.00. The van der Waals surface area contributed by atoms with Gasteiger partial charge >= 0.3 is 0 Å². The van der Waals surface area contributed by atoms with E-state index in [0.717, 1.165) is 0 Å². The molecular weight excluding hydrogens is 91.0 g/mol. The van der Waals surface area contributed by atoms with Gasteiger partial charge in [-0.3, -0.25) is 0 Å². The van der Waals surface area contributed by atoms with Crippen LogP contribution in [0.25, 0.3) is 0 Å². The maximum Gasteiger partial charge on any atom is 0.0481 e. The molecule has 0 atom stereocenters. The number of hydrogen-bond acceptors (Lipinski definition) is 0. The highest BCUT2D eigenvalue weighted by atomic mass is 31.2. The fraction of sp³-hybridized carbons (Fsp3) is 1.00. The molecule has 0 aliphatic rings. The summed E-state index contributed by atoms with van der Waals surface area (Å²) in [4.78, 5) is 0. The zero-order valence-corrected chi connectivity index (χ0v) is 5.34. The lowest BCUT2D eigenvalue weighted by atomic mass is 11.8. The molecule has 0 spiro atoms. The SMILES string of the molecule is C.C[P+](C)(C)C. The van der Waals surface area contributed by atoms with Crippen LogP contribution in [0.2, 0.25) is 0 Å². The normalized spacial score (nSPS) is 10.0. The quantitative estimate of drug-likeness (QED) is 0.416. The summed E-state index contributed by atoms with van der Waals surface area (Å²) in [5.41, 5.74) is 0. The lowest BCUT2D eigenvalue weighted by Crippen LogP contribution is -1.74. The molecule has 0 N–H and O–H groups in total. The summed E-state index contributed by atoms with van der Waals surface area (Å²) in [5.74, 6) is 0. The molecule has 0 unspecified atom stereocenters. The minimum absolute atomic E-state index is 0. The van der Waals surface area contributed by atoms with E-state index in [9.17, 15) is 0 Å². The predicted octanol–water partition coefficient (Wildman–Crippen LogP) is 2.16. The lowest BCUT2D eigenvalue weighted by molar-refractivity contribution is 1.95. The Labute approximate surface area is 42.3 Å². The van der Waals surface area contributed by atoms with Crippen LogP contribution in [-0.2, 0) is 0 Å². The van der Waals surface area contributed by atoms with Gasteiger partial charge in [-0.1, -0.05) is 7.43 Å². The van der Waals surface area contributed by atoms with Gasteiger partial charge in [0.1, 0.15) is 0 Å². The van der Waals surface area contributed by atoms with Crippen molar-refractivity contribution in [2.24, 2.45) is 0 Å². The Balaban J connectivity index is 0. The summed E-state index contributed by atoms with van der Waals surface area (Å²) in [6.07, 6.45) is 0. The minimum Gasteiger partial charge on any atom is -0.0776 e. The molecule has 0 saturated heterocycles. The fourth-order valence-corrected chi connectivity index (χ4v) is 0. The molecule has 0 aromatic heterocycles. The van der Waals surface area contributed by atoms with Gasteiger partial charge in [0.2, 0.25) is 0 Å². The highest BCUT2D eigenvalue weighted by molar-refractivity contribution is 7.72. The molecule has 0 aromatic carbocycles. The highest BCUT2D eigenvalue weighted by Gasteiger charge is 2.03. The zero-order valence-electron chi connectivity index (χ0n) is 4.45. The molecule has 0 saturated carbocycles. The molecule has 0 heterocycles. The van der Waals surface area contributed by atoms with Crippen LogP contribution >= 0.6 is 7.26 Å². The Kier molecular flexibility index (Phi) is 4.15. The molecule has 0 fully saturated rings. The first-order valence-electron chi connectivity index (χ1n) is 1.79. The third-order valence-electron chi connectivity index (χ3n) is 0. The van der Waals surface area contributed by atoms with E-state index >= 15 is 0 Å². The second-order valence-electron chi connectivity index (χ2n) is 2.68. The highest BCUT2D eigenvalue weighted by Crippen LogP contribution is 2.40. The van der Waals surface area contributed by atoms with Crippen LogP contribution in [0.15, 0.2) is 0 Å². The van der Waals surface area contributed by atoms with Crippen molar-refractivity contribution in [3.05, 3.63) is 0 Å². The molecule has 0 radical (unpaired) electrons. The average molecular weight is 107 g/mol. The summed E-state index contributed by atoms with van der Waals surface area (Å²) < 4.78 is 0. The van der Waals surface area contributed by atoms with Crippen molar-refractivity contribution in [3.8, 4) is 0 Å². The molecule has 0 rings (SSSR count). The first kappa shape index (κ1) is 9.66. The van der Waals surface area contributed by atoms with E-state index in [1.165, 1.54) is 0 Å². The second-order valence-corrected chi connectivity index (χ2v) is 8.05. The Morgan fingerprint density at radius 2 is 0.833 bits per heavy atom.